The van der Waals surface area contributed by atoms with E-state index < -0.39 is 0 Å². The van der Waals surface area contributed by atoms with Gasteiger partial charge in [-0.3, -0.25) is 4.90 Å². The van der Waals surface area contributed by atoms with Crippen LogP contribution in [0.2, 0.25) is 0 Å². The van der Waals surface area contributed by atoms with E-state index in [4.69, 9.17) is 0 Å². The normalized spacial score (nSPS) is 22.0. The lowest BCUT2D eigenvalue weighted by Crippen LogP contribution is -2.47. The Morgan fingerprint density at radius 3 is 2.17 bits per heavy atom. The van der Waals surface area contributed by atoms with Crippen molar-refractivity contribution in [2.75, 3.05) is 27.2 Å². The van der Waals surface area contributed by atoms with Crippen molar-refractivity contribution in [1.82, 2.24) is 9.80 Å². The number of nitrogens with zero attached hydrogens (tertiary/aromatic N) is 2. The summed E-state index contributed by atoms with van der Waals surface area (Å²) in [5.74, 6) is 0.810. The Balaban J connectivity index is 1.64. The van der Waals surface area contributed by atoms with Crippen LogP contribution in [0, 0.1) is 5.92 Å². The number of hydrogen-bond acceptors (Lipinski definition) is 2. The first kappa shape index (κ1) is 17.2. The maximum atomic E-state index is 2.69. The molecule has 2 nitrogen and oxygen atoms in total. The third-order valence-corrected chi connectivity index (χ3v) is 5.12. The molecule has 128 valence electrons. The highest BCUT2D eigenvalue weighted by molar-refractivity contribution is 5.16. The maximum absolute atomic E-state index is 2.69. The molecule has 0 spiro atoms. The predicted octanol–water partition coefficient (Wildman–Crippen LogP) is 4.07. The Labute approximate surface area is 147 Å². The van der Waals surface area contributed by atoms with Crippen LogP contribution in [-0.2, 0) is 13.0 Å². The Morgan fingerprint density at radius 1 is 0.917 bits per heavy atom. The highest BCUT2D eigenvalue weighted by atomic mass is 15.2. The van der Waals surface area contributed by atoms with Gasteiger partial charge in [0.2, 0.25) is 0 Å². The van der Waals surface area contributed by atoms with Crippen molar-refractivity contribution in [3.63, 3.8) is 0 Å². The molecular formula is C22H30N2. The van der Waals surface area contributed by atoms with Gasteiger partial charge in [0.15, 0.2) is 0 Å². The van der Waals surface area contributed by atoms with Gasteiger partial charge in [-0.2, -0.15) is 0 Å². The molecule has 1 heterocycles. The van der Waals surface area contributed by atoms with Crippen LogP contribution in [0.1, 0.15) is 24.0 Å². The fourth-order valence-corrected chi connectivity index (χ4v) is 3.95. The first-order valence-electron chi connectivity index (χ1n) is 9.17. The monoisotopic (exact) mass is 322 g/mol. The second-order valence-electron chi connectivity index (χ2n) is 7.45. The van der Waals surface area contributed by atoms with Crippen LogP contribution in [0.25, 0.3) is 0 Å². The molecule has 1 aliphatic heterocycles. The highest BCUT2D eigenvalue weighted by Crippen LogP contribution is 2.27. The van der Waals surface area contributed by atoms with Gasteiger partial charge in [-0.1, -0.05) is 60.7 Å². The molecule has 1 aliphatic rings. The summed E-state index contributed by atoms with van der Waals surface area (Å²) in [6, 6.07) is 22.6. The van der Waals surface area contributed by atoms with Crippen LogP contribution in [0.5, 0.6) is 0 Å². The zero-order valence-electron chi connectivity index (χ0n) is 15.1. The lowest BCUT2D eigenvalue weighted by Gasteiger charge is -2.41. The van der Waals surface area contributed by atoms with E-state index in [0.717, 1.165) is 19.0 Å². The fraction of sp³-hybridized carbons (Fsp3) is 0.455. The van der Waals surface area contributed by atoms with Crippen LogP contribution in [0.4, 0.5) is 0 Å². The third kappa shape index (κ3) is 4.93. The smallest absolute Gasteiger partial charge is 0.0237 e. The minimum Gasteiger partial charge on any atom is -0.308 e. The SMILES string of the molecule is CN(C)CC1CC(Cc2ccccc2)CCN1Cc1ccccc1. The summed E-state index contributed by atoms with van der Waals surface area (Å²) in [5, 5.41) is 0. The quantitative estimate of drug-likeness (QED) is 0.791. The zero-order chi connectivity index (χ0) is 16.8. The van der Waals surface area contributed by atoms with Crippen molar-refractivity contribution in [1.29, 1.82) is 0 Å². The van der Waals surface area contributed by atoms with Gasteiger partial charge in [-0.25, -0.2) is 0 Å². The van der Waals surface area contributed by atoms with Gasteiger partial charge in [0.25, 0.3) is 0 Å². The number of hydrogen-bond donors (Lipinski definition) is 0. The topological polar surface area (TPSA) is 6.48 Å². The Hall–Kier alpha value is -1.64. The largest absolute Gasteiger partial charge is 0.308 e. The van der Waals surface area contributed by atoms with Gasteiger partial charge < -0.3 is 4.90 Å². The van der Waals surface area contributed by atoms with Crippen molar-refractivity contribution >= 4 is 0 Å². The molecule has 2 aromatic carbocycles. The van der Waals surface area contributed by atoms with Gasteiger partial charge >= 0.3 is 0 Å². The number of rotatable bonds is 6. The molecule has 2 unspecified atom stereocenters. The number of likely N-dealkylation sites (N-methyl/N-ethyl adjacent to an activating group) is 1. The standard InChI is InChI=1S/C22H30N2/c1-23(2)18-22-16-21(15-19-9-5-3-6-10-19)13-14-24(22)17-20-11-7-4-8-12-20/h3-12,21-22H,13-18H2,1-2H3. The van der Waals surface area contributed by atoms with E-state index >= 15 is 0 Å². The summed E-state index contributed by atoms with van der Waals surface area (Å²) in [7, 11) is 4.39. The second-order valence-corrected chi connectivity index (χ2v) is 7.45. The highest BCUT2D eigenvalue weighted by Gasteiger charge is 2.28. The molecule has 1 saturated heterocycles. The van der Waals surface area contributed by atoms with E-state index in [1.807, 2.05) is 0 Å². The van der Waals surface area contributed by atoms with Crippen molar-refractivity contribution in [2.24, 2.45) is 5.92 Å². The van der Waals surface area contributed by atoms with Gasteiger partial charge in [0.05, 0.1) is 0 Å². The van der Waals surface area contributed by atoms with E-state index in [1.54, 1.807) is 0 Å². The summed E-state index contributed by atoms with van der Waals surface area (Å²) in [5.41, 5.74) is 2.92. The van der Waals surface area contributed by atoms with Crippen LogP contribution >= 0.6 is 0 Å². The first-order valence-corrected chi connectivity index (χ1v) is 9.17. The summed E-state index contributed by atoms with van der Waals surface area (Å²) in [4.78, 5) is 5.03. The van der Waals surface area contributed by atoms with Gasteiger partial charge in [-0.05, 0) is 56.9 Å². The number of piperidine rings is 1. The van der Waals surface area contributed by atoms with E-state index in [1.165, 1.54) is 36.9 Å². The first-order chi connectivity index (χ1) is 11.7. The summed E-state index contributed by atoms with van der Waals surface area (Å²) in [6.07, 6.45) is 3.84. The summed E-state index contributed by atoms with van der Waals surface area (Å²) >= 11 is 0. The van der Waals surface area contributed by atoms with Crippen LogP contribution in [-0.4, -0.2) is 43.0 Å². The minimum absolute atomic E-state index is 0.655. The Morgan fingerprint density at radius 2 is 1.54 bits per heavy atom. The molecule has 0 aromatic heterocycles. The lowest BCUT2D eigenvalue weighted by molar-refractivity contribution is 0.0841. The van der Waals surface area contributed by atoms with E-state index in [-0.39, 0.29) is 0 Å². The lowest BCUT2D eigenvalue weighted by atomic mass is 9.85. The van der Waals surface area contributed by atoms with Crippen molar-refractivity contribution < 1.29 is 0 Å². The van der Waals surface area contributed by atoms with E-state index in [0.29, 0.717) is 6.04 Å². The van der Waals surface area contributed by atoms with Crippen molar-refractivity contribution in [3.8, 4) is 0 Å². The zero-order valence-corrected chi connectivity index (χ0v) is 15.1. The van der Waals surface area contributed by atoms with E-state index in [9.17, 15) is 0 Å². The van der Waals surface area contributed by atoms with Gasteiger partial charge in [-0.15, -0.1) is 0 Å². The molecule has 0 N–H and O–H groups in total. The molecule has 0 saturated carbocycles. The molecule has 1 fully saturated rings. The Kier molecular flexibility index (Phi) is 6.06. The second kappa shape index (κ2) is 8.46. The minimum atomic E-state index is 0.655. The van der Waals surface area contributed by atoms with Gasteiger partial charge in [0.1, 0.15) is 0 Å². The average molecular weight is 322 g/mol. The van der Waals surface area contributed by atoms with Crippen LogP contribution < -0.4 is 0 Å². The molecule has 3 rings (SSSR count). The van der Waals surface area contributed by atoms with Crippen LogP contribution in [0.3, 0.4) is 0 Å². The molecule has 0 aliphatic carbocycles. The maximum Gasteiger partial charge on any atom is 0.0237 e. The average Bonchev–Trinajstić information content (AvgIpc) is 2.59. The molecular weight excluding hydrogens is 292 g/mol. The van der Waals surface area contributed by atoms with Crippen LogP contribution in [0.15, 0.2) is 60.7 Å². The van der Waals surface area contributed by atoms with Crippen molar-refractivity contribution in [2.45, 2.75) is 31.8 Å². The molecule has 0 amide bonds. The van der Waals surface area contributed by atoms with Crippen molar-refractivity contribution in [3.05, 3.63) is 71.8 Å². The third-order valence-electron chi connectivity index (χ3n) is 5.12. The molecule has 2 heteroatoms. The molecule has 2 atom stereocenters. The molecule has 0 bridgehead atoms. The Bertz CT molecular complexity index is 594. The summed E-state index contributed by atoms with van der Waals surface area (Å²) in [6.45, 7) is 3.44. The van der Waals surface area contributed by atoms with Gasteiger partial charge in [0, 0.05) is 19.1 Å². The predicted molar refractivity (Wildman–Crippen MR) is 102 cm³/mol. The number of benzene rings is 2. The molecule has 0 radical (unpaired) electrons. The number of likely N-dealkylation sites (tertiary alicyclic amines) is 1. The fourth-order valence-electron chi connectivity index (χ4n) is 3.95. The summed E-state index contributed by atoms with van der Waals surface area (Å²) < 4.78 is 0. The molecule has 2 aromatic rings. The molecule has 24 heavy (non-hydrogen) atoms. The van der Waals surface area contributed by atoms with E-state index in [2.05, 4.69) is 84.6 Å².